The largest absolute Gasteiger partial charge is 0.496 e. The van der Waals surface area contributed by atoms with Crippen LogP contribution in [0.1, 0.15) is 23.1 Å². The van der Waals surface area contributed by atoms with Gasteiger partial charge in [0.1, 0.15) is 18.1 Å². The van der Waals surface area contributed by atoms with Gasteiger partial charge in [-0.3, -0.25) is 4.79 Å². The smallest absolute Gasteiger partial charge is 0.309 e. The van der Waals surface area contributed by atoms with Crippen molar-refractivity contribution in [3.05, 3.63) is 59.2 Å². The Labute approximate surface area is 142 Å². The van der Waals surface area contributed by atoms with Crippen molar-refractivity contribution in [2.45, 2.75) is 25.9 Å². The second-order valence-corrected chi connectivity index (χ2v) is 5.96. The fourth-order valence-corrected chi connectivity index (χ4v) is 3.24. The van der Waals surface area contributed by atoms with Crippen LogP contribution in [0.2, 0.25) is 0 Å². The lowest BCUT2D eigenvalue weighted by Crippen LogP contribution is -2.24. The van der Waals surface area contributed by atoms with Crippen LogP contribution in [0.25, 0.3) is 0 Å². The third-order valence-electron chi connectivity index (χ3n) is 4.53. The molecular formula is C20H22O4. The molecule has 0 spiro atoms. The normalized spacial score (nSPS) is 16.2. The molecule has 0 amide bonds. The molecule has 24 heavy (non-hydrogen) atoms. The summed E-state index contributed by atoms with van der Waals surface area (Å²) in [5, 5.41) is 0. The Kier molecular flexibility index (Phi) is 5.04. The number of benzene rings is 2. The van der Waals surface area contributed by atoms with Gasteiger partial charge in [-0.25, -0.2) is 0 Å². The summed E-state index contributed by atoms with van der Waals surface area (Å²) < 4.78 is 16.4. The molecule has 4 nitrogen and oxygen atoms in total. The number of esters is 1. The van der Waals surface area contributed by atoms with E-state index in [1.807, 2.05) is 42.5 Å². The van der Waals surface area contributed by atoms with Crippen molar-refractivity contribution in [2.75, 3.05) is 14.2 Å². The summed E-state index contributed by atoms with van der Waals surface area (Å²) in [4.78, 5) is 11.9. The number of hydrogen-bond acceptors (Lipinski definition) is 4. The lowest BCUT2D eigenvalue weighted by molar-refractivity contribution is -0.145. The van der Waals surface area contributed by atoms with E-state index in [1.165, 1.54) is 7.11 Å². The molecule has 1 aliphatic carbocycles. The summed E-state index contributed by atoms with van der Waals surface area (Å²) in [6.07, 6.45) is 2.19. The summed E-state index contributed by atoms with van der Waals surface area (Å²) in [6, 6.07) is 14.0. The monoisotopic (exact) mass is 326 g/mol. The fraction of sp³-hybridized carbons (Fsp3) is 0.350. The molecule has 3 rings (SSSR count). The molecule has 0 fully saturated rings. The van der Waals surface area contributed by atoms with Gasteiger partial charge in [-0.1, -0.05) is 30.3 Å². The highest BCUT2D eigenvalue weighted by atomic mass is 16.5. The Hall–Kier alpha value is -2.49. The summed E-state index contributed by atoms with van der Waals surface area (Å²) in [7, 11) is 3.09. The maximum absolute atomic E-state index is 11.9. The second-order valence-electron chi connectivity index (χ2n) is 5.96. The molecule has 1 unspecified atom stereocenters. The van der Waals surface area contributed by atoms with Gasteiger partial charge in [-0.2, -0.15) is 0 Å². The zero-order valence-corrected chi connectivity index (χ0v) is 14.1. The summed E-state index contributed by atoms with van der Waals surface area (Å²) in [6.45, 7) is 0.528. The van der Waals surface area contributed by atoms with Gasteiger partial charge in [-0.05, 0) is 37.0 Å². The van der Waals surface area contributed by atoms with Crippen LogP contribution in [0.5, 0.6) is 11.5 Å². The molecule has 2 aromatic rings. The minimum Gasteiger partial charge on any atom is -0.496 e. The standard InChI is InChI=1S/C20H22O4/c1-22-18-10-11-19(24-13-14-6-4-3-5-7-14)16-9-8-15(12-17(16)18)20(21)23-2/h3-7,10-11,15H,8-9,12-13H2,1-2H3. The number of carbonyl (C=O) groups is 1. The summed E-state index contributed by atoms with van der Waals surface area (Å²) >= 11 is 0. The Bertz CT molecular complexity index is 709. The molecule has 1 aliphatic rings. The minimum absolute atomic E-state index is 0.110. The van der Waals surface area contributed by atoms with E-state index in [0.717, 1.165) is 41.0 Å². The van der Waals surface area contributed by atoms with Crippen LogP contribution in [-0.4, -0.2) is 20.2 Å². The molecule has 0 aliphatic heterocycles. The molecule has 0 aromatic heterocycles. The molecule has 2 aromatic carbocycles. The Morgan fingerprint density at radius 1 is 1.04 bits per heavy atom. The van der Waals surface area contributed by atoms with Crippen LogP contribution < -0.4 is 9.47 Å². The van der Waals surface area contributed by atoms with E-state index in [2.05, 4.69) is 0 Å². The lowest BCUT2D eigenvalue weighted by Gasteiger charge is -2.26. The van der Waals surface area contributed by atoms with Gasteiger partial charge >= 0.3 is 5.97 Å². The summed E-state index contributed by atoms with van der Waals surface area (Å²) in [5.41, 5.74) is 3.33. The van der Waals surface area contributed by atoms with Gasteiger partial charge in [0.25, 0.3) is 0 Å². The minimum atomic E-state index is -0.154. The van der Waals surface area contributed by atoms with E-state index in [0.29, 0.717) is 13.0 Å². The zero-order valence-electron chi connectivity index (χ0n) is 14.1. The zero-order chi connectivity index (χ0) is 16.9. The lowest BCUT2D eigenvalue weighted by atomic mass is 9.83. The average Bonchev–Trinajstić information content (AvgIpc) is 2.65. The van der Waals surface area contributed by atoms with E-state index in [9.17, 15) is 4.79 Å². The highest BCUT2D eigenvalue weighted by molar-refractivity contribution is 5.73. The number of fused-ring (bicyclic) bond motifs is 1. The van der Waals surface area contributed by atoms with Crippen LogP contribution in [0.4, 0.5) is 0 Å². The van der Waals surface area contributed by atoms with E-state index in [-0.39, 0.29) is 11.9 Å². The molecule has 126 valence electrons. The molecular weight excluding hydrogens is 304 g/mol. The maximum Gasteiger partial charge on any atom is 0.309 e. The fourth-order valence-electron chi connectivity index (χ4n) is 3.24. The molecule has 1 atom stereocenters. The van der Waals surface area contributed by atoms with Crippen LogP contribution in [0.15, 0.2) is 42.5 Å². The van der Waals surface area contributed by atoms with Gasteiger partial charge in [0, 0.05) is 11.1 Å². The molecule has 4 heteroatoms. The highest BCUT2D eigenvalue weighted by Gasteiger charge is 2.29. The molecule has 0 bridgehead atoms. The van der Waals surface area contributed by atoms with Crippen LogP contribution in [-0.2, 0) is 29.0 Å². The number of hydrogen-bond donors (Lipinski definition) is 0. The number of methoxy groups -OCH3 is 2. The number of carbonyl (C=O) groups excluding carboxylic acids is 1. The Balaban J connectivity index is 1.83. The number of rotatable bonds is 5. The van der Waals surface area contributed by atoms with Crippen molar-refractivity contribution in [3.63, 3.8) is 0 Å². The van der Waals surface area contributed by atoms with Crippen molar-refractivity contribution >= 4 is 5.97 Å². The first-order chi connectivity index (χ1) is 11.7. The molecule has 0 saturated heterocycles. The van der Waals surface area contributed by atoms with Crippen LogP contribution >= 0.6 is 0 Å². The third-order valence-corrected chi connectivity index (χ3v) is 4.53. The van der Waals surface area contributed by atoms with Gasteiger partial charge in [0.05, 0.1) is 20.1 Å². The SMILES string of the molecule is COC(=O)C1CCc2c(OCc3ccccc3)ccc(OC)c2C1. The number of ether oxygens (including phenoxy) is 3. The second kappa shape index (κ2) is 7.39. The van der Waals surface area contributed by atoms with Gasteiger partial charge in [0.2, 0.25) is 0 Å². The van der Waals surface area contributed by atoms with E-state index >= 15 is 0 Å². The third kappa shape index (κ3) is 3.37. The van der Waals surface area contributed by atoms with Crippen LogP contribution in [0.3, 0.4) is 0 Å². The van der Waals surface area contributed by atoms with Gasteiger partial charge < -0.3 is 14.2 Å². The van der Waals surface area contributed by atoms with E-state index < -0.39 is 0 Å². The van der Waals surface area contributed by atoms with Crippen molar-refractivity contribution in [2.24, 2.45) is 5.92 Å². The highest BCUT2D eigenvalue weighted by Crippen LogP contribution is 2.38. The molecule has 0 radical (unpaired) electrons. The predicted octanol–water partition coefficient (Wildman–Crippen LogP) is 3.55. The van der Waals surface area contributed by atoms with Gasteiger partial charge in [-0.15, -0.1) is 0 Å². The average molecular weight is 326 g/mol. The molecule has 0 N–H and O–H groups in total. The predicted molar refractivity (Wildman–Crippen MR) is 91.3 cm³/mol. The van der Waals surface area contributed by atoms with E-state index in [4.69, 9.17) is 14.2 Å². The van der Waals surface area contributed by atoms with Crippen molar-refractivity contribution in [3.8, 4) is 11.5 Å². The Morgan fingerprint density at radius 3 is 2.50 bits per heavy atom. The molecule has 0 heterocycles. The van der Waals surface area contributed by atoms with E-state index in [1.54, 1.807) is 7.11 Å². The Morgan fingerprint density at radius 2 is 1.79 bits per heavy atom. The first-order valence-electron chi connectivity index (χ1n) is 8.16. The molecule has 0 saturated carbocycles. The van der Waals surface area contributed by atoms with Crippen molar-refractivity contribution < 1.29 is 19.0 Å². The van der Waals surface area contributed by atoms with Crippen LogP contribution in [0, 0.1) is 5.92 Å². The maximum atomic E-state index is 11.9. The quantitative estimate of drug-likeness (QED) is 0.788. The van der Waals surface area contributed by atoms with Crippen molar-refractivity contribution in [1.29, 1.82) is 0 Å². The van der Waals surface area contributed by atoms with Crippen molar-refractivity contribution in [1.82, 2.24) is 0 Å². The topological polar surface area (TPSA) is 44.8 Å². The summed E-state index contributed by atoms with van der Waals surface area (Å²) in [5.74, 6) is 1.42. The first-order valence-corrected chi connectivity index (χ1v) is 8.16. The first kappa shape index (κ1) is 16.4. The van der Waals surface area contributed by atoms with Gasteiger partial charge in [0.15, 0.2) is 0 Å².